The van der Waals surface area contributed by atoms with E-state index < -0.39 is 0 Å². The molecule has 0 unspecified atom stereocenters. The molecule has 1 fully saturated rings. The molecule has 1 saturated carbocycles. The molecule has 5 heteroatoms. The molecule has 0 heterocycles. The Labute approximate surface area is 95.6 Å². The summed E-state index contributed by atoms with van der Waals surface area (Å²) >= 11 is 0. The highest BCUT2D eigenvalue weighted by molar-refractivity contribution is 5.77. The molecule has 0 aromatic rings. The number of carbonyl (C=O) groups excluding carboxylic acids is 2. The van der Waals surface area contributed by atoms with Gasteiger partial charge in [0.1, 0.15) is 0 Å². The molecule has 0 radical (unpaired) electrons. The fourth-order valence-corrected chi connectivity index (χ4v) is 1.66. The van der Waals surface area contributed by atoms with E-state index in [1.807, 2.05) is 0 Å². The number of amides is 2. The lowest BCUT2D eigenvalue weighted by atomic mass is 10.0. The fraction of sp³-hybridized carbons (Fsp3) is 0.818. The van der Waals surface area contributed by atoms with Gasteiger partial charge >= 0.3 is 0 Å². The van der Waals surface area contributed by atoms with Crippen LogP contribution in [0.5, 0.6) is 0 Å². The van der Waals surface area contributed by atoms with E-state index in [-0.39, 0.29) is 23.8 Å². The third-order valence-corrected chi connectivity index (χ3v) is 2.99. The van der Waals surface area contributed by atoms with Crippen LogP contribution in [0.4, 0.5) is 0 Å². The second-order valence-corrected chi connectivity index (χ2v) is 4.48. The Balaban J connectivity index is 2.08. The summed E-state index contributed by atoms with van der Waals surface area (Å²) in [6.07, 6.45) is 3.24. The number of nitrogens with one attached hydrogen (secondary N) is 2. The van der Waals surface area contributed by atoms with Crippen LogP contribution in [0, 0.1) is 5.41 Å². The molecule has 0 aliphatic heterocycles. The summed E-state index contributed by atoms with van der Waals surface area (Å²) in [5.74, 6) is -0.162. The highest BCUT2D eigenvalue weighted by Crippen LogP contribution is 2.47. The second kappa shape index (κ2) is 5.84. The molecular weight excluding hydrogens is 208 g/mol. The monoisotopic (exact) mass is 228 g/mol. The Bertz CT molecular complexity index is 262. The minimum Gasteiger partial charge on any atom is -0.396 e. The second-order valence-electron chi connectivity index (χ2n) is 4.48. The van der Waals surface area contributed by atoms with E-state index in [1.54, 1.807) is 0 Å². The van der Waals surface area contributed by atoms with Crippen molar-refractivity contribution in [2.75, 3.05) is 19.7 Å². The van der Waals surface area contributed by atoms with E-state index in [0.29, 0.717) is 19.5 Å². The van der Waals surface area contributed by atoms with Gasteiger partial charge in [-0.25, -0.2) is 0 Å². The first-order chi connectivity index (χ1) is 7.58. The molecular formula is C11H20N2O3. The van der Waals surface area contributed by atoms with Gasteiger partial charge in [-0.1, -0.05) is 0 Å². The largest absolute Gasteiger partial charge is 0.396 e. The van der Waals surface area contributed by atoms with Gasteiger partial charge < -0.3 is 15.7 Å². The zero-order valence-corrected chi connectivity index (χ0v) is 9.71. The van der Waals surface area contributed by atoms with E-state index in [4.69, 9.17) is 5.11 Å². The van der Waals surface area contributed by atoms with Crippen LogP contribution in [0.15, 0.2) is 0 Å². The third kappa shape index (κ3) is 4.61. The number of rotatable bonds is 7. The minimum absolute atomic E-state index is 0.0436. The Hall–Kier alpha value is -1.10. The first-order valence-corrected chi connectivity index (χ1v) is 5.70. The molecule has 1 aliphatic carbocycles. The van der Waals surface area contributed by atoms with Crippen LogP contribution in [0.2, 0.25) is 0 Å². The summed E-state index contributed by atoms with van der Waals surface area (Å²) in [7, 11) is 0. The minimum atomic E-state index is -0.119. The molecule has 92 valence electrons. The average Bonchev–Trinajstić information content (AvgIpc) is 2.96. The third-order valence-electron chi connectivity index (χ3n) is 2.99. The van der Waals surface area contributed by atoms with Gasteiger partial charge in [0.25, 0.3) is 0 Å². The molecule has 2 amide bonds. The van der Waals surface area contributed by atoms with Crippen LogP contribution in [-0.2, 0) is 9.59 Å². The zero-order chi connectivity index (χ0) is 12.0. The lowest BCUT2D eigenvalue weighted by Gasteiger charge is -2.14. The highest BCUT2D eigenvalue weighted by atomic mass is 16.3. The number of carbonyl (C=O) groups is 2. The lowest BCUT2D eigenvalue weighted by molar-refractivity contribution is -0.121. The van der Waals surface area contributed by atoms with E-state index in [1.165, 1.54) is 6.92 Å². The topological polar surface area (TPSA) is 78.4 Å². The first kappa shape index (κ1) is 13.0. The molecule has 0 aromatic heterocycles. The van der Waals surface area contributed by atoms with Gasteiger partial charge in [-0.05, 0) is 24.7 Å². The van der Waals surface area contributed by atoms with E-state index in [2.05, 4.69) is 10.6 Å². The van der Waals surface area contributed by atoms with Crippen molar-refractivity contribution in [3.63, 3.8) is 0 Å². The maximum absolute atomic E-state index is 11.4. The van der Waals surface area contributed by atoms with Gasteiger partial charge in [-0.15, -0.1) is 0 Å². The molecule has 0 aromatic carbocycles. The van der Waals surface area contributed by atoms with Crippen LogP contribution >= 0.6 is 0 Å². The van der Waals surface area contributed by atoms with Gasteiger partial charge in [-0.2, -0.15) is 0 Å². The van der Waals surface area contributed by atoms with Crippen LogP contribution in [0.3, 0.4) is 0 Å². The van der Waals surface area contributed by atoms with Crippen molar-refractivity contribution in [2.24, 2.45) is 5.41 Å². The molecule has 1 aliphatic rings. The van der Waals surface area contributed by atoms with Gasteiger partial charge in [-0.3, -0.25) is 9.59 Å². The van der Waals surface area contributed by atoms with Crippen molar-refractivity contribution in [1.82, 2.24) is 10.6 Å². The quantitative estimate of drug-likeness (QED) is 0.564. The summed E-state index contributed by atoms with van der Waals surface area (Å²) in [5.41, 5.74) is 0.151. The summed E-state index contributed by atoms with van der Waals surface area (Å²) in [6, 6.07) is 0. The SMILES string of the molecule is CC(=O)NCCC(=O)NCC1(CCO)CC1. The smallest absolute Gasteiger partial charge is 0.221 e. The summed E-state index contributed by atoms with van der Waals surface area (Å²) in [6.45, 7) is 2.64. The predicted octanol–water partition coefficient (Wildman–Crippen LogP) is -0.209. The van der Waals surface area contributed by atoms with Crippen LogP contribution in [0.25, 0.3) is 0 Å². The zero-order valence-electron chi connectivity index (χ0n) is 9.71. The number of hydrogen-bond acceptors (Lipinski definition) is 3. The first-order valence-electron chi connectivity index (χ1n) is 5.70. The number of aliphatic hydroxyl groups is 1. The summed E-state index contributed by atoms with van der Waals surface area (Å²) < 4.78 is 0. The maximum Gasteiger partial charge on any atom is 0.221 e. The Kier molecular flexibility index (Phi) is 4.73. The Morgan fingerprint density at radius 1 is 1.31 bits per heavy atom. The van der Waals surface area contributed by atoms with Crippen molar-refractivity contribution in [3.05, 3.63) is 0 Å². The predicted molar refractivity (Wildman–Crippen MR) is 59.7 cm³/mol. The van der Waals surface area contributed by atoms with Gasteiger partial charge in [0.15, 0.2) is 0 Å². The molecule has 16 heavy (non-hydrogen) atoms. The Morgan fingerprint density at radius 3 is 2.50 bits per heavy atom. The van der Waals surface area contributed by atoms with Crippen molar-refractivity contribution in [1.29, 1.82) is 0 Å². The molecule has 3 N–H and O–H groups in total. The Morgan fingerprint density at radius 2 is 2.00 bits per heavy atom. The maximum atomic E-state index is 11.4. The van der Waals surface area contributed by atoms with Crippen molar-refractivity contribution < 1.29 is 14.7 Å². The lowest BCUT2D eigenvalue weighted by Crippen LogP contribution is -2.33. The van der Waals surface area contributed by atoms with Crippen molar-refractivity contribution in [3.8, 4) is 0 Å². The summed E-state index contributed by atoms with van der Waals surface area (Å²) in [5, 5.41) is 14.3. The molecule has 5 nitrogen and oxygen atoms in total. The average molecular weight is 228 g/mol. The molecule has 0 atom stereocenters. The molecule has 0 bridgehead atoms. The normalized spacial score (nSPS) is 16.6. The van der Waals surface area contributed by atoms with E-state index in [0.717, 1.165) is 19.3 Å². The number of aliphatic hydroxyl groups excluding tert-OH is 1. The summed E-state index contributed by atoms with van der Waals surface area (Å²) in [4.78, 5) is 21.9. The molecule has 0 spiro atoms. The van der Waals surface area contributed by atoms with E-state index in [9.17, 15) is 9.59 Å². The van der Waals surface area contributed by atoms with Crippen LogP contribution in [-0.4, -0.2) is 36.6 Å². The van der Waals surface area contributed by atoms with Gasteiger partial charge in [0.05, 0.1) is 0 Å². The standard InChI is InChI=1S/C11H20N2O3/c1-9(15)12-6-2-10(16)13-8-11(3-4-11)5-7-14/h14H,2-8H2,1H3,(H,12,15)(H,13,16). The van der Waals surface area contributed by atoms with Gasteiger partial charge in [0.2, 0.25) is 11.8 Å². The van der Waals surface area contributed by atoms with E-state index >= 15 is 0 Å². The number of hydrogen-bond donors (Lipinski definition) is 3. The van der Waals surface area contributed by atoms with Crippen LogP contribution in [0.1, 0.15) is 32.6 Å². The highest BCUT2D eigenvalue weighted by Gasteiger charge is 2.41. The molecule has 1 rings (SSSR count). The van der Waals surface area contributed by atoms with Crippen molar-refractivity contribution in [2.45, 2.75) is 32.6 Å². The van der Waals surface area contributed by atoms with Gasteiger partial charge in [0, 0.05) is 33.0 Å². The fourth-order valence-electron chi connectivity index (χ4n) is 1.66. The molecule has 0 saturated heterocycles. The van der Waals surface area contributed by atoms with Crippen LogP contribution < -0.4 is 10.6 Å². The van der Waals surface area contributed by atoms with Crippen molar-refractivity contribution >= 4 is 11.8 Å².